The molecule has 2 atom stereocenters. The topological polar surface area (TPSA) is 38.8 Å². The van der Waals surface area contributed by atoms with Gasteiger partial charge in [0, 0.05) is 18.7 Å². The SMILES string of the molecule is CCN1C[C@@H](C)C[C@@H](Oc2ccc3c(c2)COC3=O)C1. The Hall–Kier alpha value is -1.55. The van der Waals surface area contributed by atoms with E-state index in [1.807, 2.05) is 18.2 Å². The number of likely N-dealkylation sites (N-methyl/N-ethyl adjacent to an activating group) is 1. The lowest BCUT2D eigenvalue weighted by molar-refractivity contribution is 0.0534. The molecular formula is C16H21NO3. The number of benzene rings is 1. The van der Waals surface area contributed by atoms with E-state index >= 15 is 0 Å². The molecule has 2 aliphatic heterocycles. The van der Waals surface area contributed by atoms with E-state index in [4.69, 9.17) is 9.47 Å². The Balaban J connectivity index is 1.70. The zero-order valence-electron chi connectivity index (χ0n) is 12.1. The lowest BCUT2D eigenvalue weighted by atomic mass is 9.98. The van der Waals surface area contributed by atoms with Crippen LogP contribution >= 0.6 is 0 Å². The highest BCUT2D eigenvalue weighted by molar-refractivity contribution is 5.93. The number of hydrogen-bond donors (Lipinski definition) is 0. The van der Waals surface area contributed by atoms with E-state index in [2.05, 4.69) is 18.7 Å². The van der Waals surface area contributed by atoms with Crippen LogP contribution in [0.3, 0.4) is 0 Å². The molecule has 0 N–H and O–H groups in total. The van der Waals surface area contributed by atoms with Crippen molar-refractivity contribution in [1.29, 1.82) is 0 Å². The molecule has 4 heteroatoms. The molecule has 0 aliphatic carbocycles. The van der Waals surface area contributed by atoms with Gasteiger partial charge in [-0.05, 0) is 37.1 Å². The van der Waals surface area contributed by atoms with E-state index in [-0.39, 0.29) is 12.1 Å². The van der Waals surface area contributed by atoms with Gasteiger partial charge in [-0.1, -0.05) is 13.8 Å². The molecule has 1 aromatic rings. The number of nitrogens with zero attached hydrogens (tertiary/aromatic N) is 1. The van der Waals surface area contributed by atoms with Crippen LogP contribution in [0.25, 0.3) is 0 Å². The van der Waals surface area contributed by atoms with Crippen LogP contribution in [0, 0.1) is 5.92 Å². The quantitative estimate of drug-likeness (QED) is 0.794. The summed E-state index contributed by atoms with van der Waals surface area (Å²) in [6.45, 7) is 8.03. The van der Waals surface area contributed by atoms with E-state index in [0.717, 1.165) is 37.4 Å². The predicted molar refractivity (Wildman–Crippen MR) is 75.9 cm³/mol. The molecule has 1 aromatic carbocycles. The van der Waals surface area contributed by atoms with Gasteiger partial charge in [0.25, 0.3) is 0 Å². The number of ether oxygens (including phenoxy) is 2. The van der Waals surface area contributed by atoms with Crippen LogP contribution in [-0.2, 0) is 11.3 Å². The Bertz CT molecular complexity index is 514. The van der Waals surface area contributed by atoms with Crippen molar-refractivity contribution in [3.05, 3.63) is 29.3 Å². The Morgan fingerprint density at radius 2 is 2.25 bits per heavy atom. The summed E-state index contributed by atoms with van der Waals surface area (Å²) in [6.07, 6.45) is 1.32. The summed E-state index contributed by atoms with van der Waals surface area (Å²) in [7, 11) is 0. The van der Waals surface area contributed by atoms with Crippen molar-refractivity contribution in [2.45, 2.75) is 33.0 Å². The minimum Gasteiger partial charge on any atom is -0.489 e. The number of carbonyl (C=O) groups excluding carboxylic acids is 1. The molecule has 0 aromatic heterocycles. The molecule has 0 radical (unpaired) electrons. The van der Waals surface area contributed by atoms with Crippen molar-refractivity contribution >= 4 is 5.97 Å². The average molecular weight is 275 g/mol. The highest BCUT2D eigenvalue weighted by Crippen LogP contribution is 2.27. The van der Waals surface area contributed by atoms with Gasteiger partial charge in [-0.2, -0.15) is 0 Å². The molecule has 0 amide bonds. The smallest absolute Gasteiger partial charge is 0.338 e. The number of rotatable bonds is 3. The van der Waals surface area contributed by atoms with E-state index in [9.17, 15) is 4.79 Å². The first-order valence-electron chi connectivity index (χ1n) is 7.34. The largest absolute Gasteiger partial charge is 0.489 e. The Kier molecular flexibility index (Phi) is 3.66. The molecule has 0 bridgehead atoms. The summed E-state index contributed by atoms with van der Waals surface area (Å²) in [5.41, 5.74) is 1.60. The minimum absolute atomic E-state index is 0.227. The molecule has 1 fully saturated rings. The van der Waals surface area contributed by atoms with E-state index < -0.39 is 0 Å². The van der Waals surface area contributed by atoms with E-state index in [0.29, 0.717) is 18.1 Å². The van der Waals surface area contributed by atoms with Gasteiger partial charge in [-0.25, -0.2) is 4.79 Å². The van der Waals surface area contributed by atoms with Gasteiger partial charge in [0.1, 0.15) is 18.5 Å². The van der Waals surface area contributed by atoms with Crippen LogP contribution in [0.2, 0.25) is 0 Å². The number of esters is 1. The predicted octanol–water partition coefficient (Wildman–Crippen LogP) is 2.47. The third-order valence-electron chi connectivity index (χ3n) is 4.10. The summed E-state index contributed by atoms with van der Waals surface area (Å²) < 4.78 is 11.1. The second-order valence-corrected chi connectivity index (χ2v) is 5.83. The molecule has 2 aliphatic rings. The van der Waals surface area contributed by atoms with Crippen molar-refractivity contribution in [1.82, 2.24) is 4.90 Å². The van der Waals surface area contributed by atoms with Gasteiger partial charge in [0.2, 0.25) is 0 Å². The monoisotopic (exact) mass is 275 g/mol. The molecule has 3 rings (SSSR count). The number of fused-ring (bicyclic) bond motifs is 1. The number of likely N-dealkylation sites (tertiary alicyclic amines) is 1. The maximum Gasteiger partial charge on any atom is 0.338 e. The zero-order chi connectivity index (χ0) is 14.1. The molecule has 1 saturated heterocycles. The van der Waals surface area contributed by atoms with Gasteiger partial charge in [0.15, 0.2) is 0 Å². The highest BCUT2D eigenvalue weighted by atomic mass is 16.5. The van der Waals surface area contributed by atoms with Crippen molar-refractivity contribution < 1.29 is 14.3 Å². The van der Waals surface area contributed by atoms with Crippen LogP contribution in [0.15, 0.2) is 18.2 Å². The zero-order valence-corrected chi connectivity index (χ0v) is 12.1. The summed E-state index contributed by atoms with van der Waals surface area (Å²) >= 11 is 0. The standard InChI is InChI=1S/C16H21NO3/c1-3-17-8-11(2)6-14(9-17)20-13-4-5-15-12(7-13)10-19-16(15)18/h4-5,7,11,14H,3,6,8-10H2,1-2H3/t11-,14+/m0/s1. The number of cyclic esters (lactones) is 1. The number of hydrogen-bond acceptors (Lipinski definition) is 4. The van der Waals surface area contributed by atoms with Gasteiger partial charge >= 0.3 is 5.97 Å². The summed E-state index contributed by atoms with van der Waals surface area (Å²) in [6, 6.07) is 5.63. The fraction of sp³-hybridized carbons (Fsp3) is 0.562. The number of piperidine rings is 1. The van der Waals surface area contributed by atoms with Gasteiger partial charge in [-0.15, -0.1) is 0 Å². The van der Waals surface area contributed by atoms with Crippen LogP contribution in [0.1, 0.15) is 36.2 Å². The Morgan fingerprint density at radius 3 is 3.05 bits per heavy atom. The molecule has 20 heavy (non-hydrogen) atoms. The molecule has 0 saturated carbocycles. The first kappa shape index (κ1) is 13.4. The fourth-order valence-corrected chi connectivity index (χ4v) is 3.12. The van der Waals surface area contributed by atoms with Gasteiger partial charge in [0.05, 0.1) is 5.56 Å². The van der Waals surface area contributed by atoms with Crippen LogP contribution in [-0.4, -0.2) is 36.6 Å². The lowest BCUT2D eigenvalue weighted by Gasteiger charge is -2.35. The van der Waals surface area contributed by atoms with Crippen molar-refractivity contribution in [3.63, 3.8) is 0 Å². The molecular weight excluding hydrogens is 254 g/mol. The van der Waals surface area contributed by atoms with Gasteiger partial charge < -0.3 is 9.47 Å². The molecule has 108 valence electrons. The lowest BCUT2D eigenvalue weighted by Crippen LogP contribution is -2.44. The molecule has 2 heterocycles. The summed E-state index contributed by atoms with van der Waals surface area (Å²) in [4.78, 5) is 13.9. The first-order valence-corrected chi connectivity index (χ1v) is 7.34. The summed E-state index contributed by atoms with van der Waals surface area (Å²) in [5, 5.41) is 0. The Morgan fingerprint density at radius 1 is 1.40 bits per heavy atom. The average Bonchev–Trinajstić information content (AvgIpc) is 2.79. The summed E-state index contributed by atoms with van der Waals surface area (Å²) in [5.74, 6) is 1.28. The first-order chi connectivity index (χ1) is 9.65. The van der Waals surface area contributed by atoms with E-state index in [1.165, 1.54) is 0 Å². The van der Waals surface area contributed by atoms with Crippen molar-refractivity contribution in [2.75, 3.05) is 19.6 Å². The third kappa shape index (κ3) is 2.66. The molecule has 4 nitrogen and oxygen atoms in total. The number of carbonyl (C=O) groups is 1. The maximum atomic E-state index is 11.4. The Labute approximate surface area is 119 Å². The van der Waals surface area contributed by atoms with Gasteiger partial charge in [-0.3, -0.25) is 4.90 Å². The minimum atomic E-state index is -0.227. The fourth-order valence-electron chi connectivity index (χ4n) is 3.12. The van der Waals surface area contributed by atoms with Crippen LogP contribution in [0.5, 0.6) is 5.75 Å². The van der Waals surface area contributed by atoms with Crippen LogP contribution in [0.4, 0.5) is 0 Å². The molecule has 0 spiro atoms. The van der Waals surface area contributed by atoms with Crippen LogP contribution < -0.4 is 4.74 Å². The maximum absolute atomic E-state index is 11.4. The van der Waals surface area contributed by atoms with E-state index in [1.54, 1.807) is 0 Å². The van der Waals surface area contributed by atoms with Crippen molar-refractivity contribution in [2.24, 2.45) is 5.92 Å². The second kappa shape index (κ2) is 5.44. The normalized spacial score (nSPS) is 26.2. The third-order valence-corrected chi connectivity index (χ3v) is 4.10. The second-order valence-electron chi connectivity index (χ2n) is 5.83. The highest BCUT2D eigenvalue weighted by Gasteiger charge is 2.26. The molecule has 0 unspecified atom stereocenters. The van der Waals surface area contributed by atoms with Crippen molar-refractivity contribution in [3.8, 4) is 5.75 Å².